The van der Waals surface area contributed by atoms with E-state index in [0.29, 0.717) is 31.3 Å². The molecule has 0 radical (unpaired) electrons. The molecule has 0 aliphatic carbocycles. The van der Waals surface area contributed by atoms with E-state index in [1.807, 2.05) is 29.6 Å². The lowest BCUT2D eigenvalue weighted by Gasteiger charge is -2.10. The van der Waals surface area contributed by atoms with Gasteiger partial charge in [0.15, 0.2) is 0 Å². The summed E-state index contributed by atoms with van der Waals surface area (Å²) in [4.78, 5) is 21.9. The SMILES string of the molecule is COc1ccccc1COCCCOc1ccc(NC(=O)CNC(=O)O)cc1. The van der Waals surface area contributed by atoms with E-state index in [1.165, 1.54) is 0 Å². The third-order valence-electron chi connectivity index (χ3n) is 3.69. The maximum absolute atomic E-state index is 11.5. The molecule has 0 aliphatic rings. The van der Waals surface area contributed by atoms with Crippen LogP contribution in [0.5, 0.6) is 11.5 Å². The molecule has 3 N–H and O–H groups in total. The maximum atomic E-state index is 11.5. The molecule has 150 valence electrons. The highest BCUT2D eigenvalue weighted by Crippen LogP contribution is 2.18. The van der Waals surface area contributed by atoms with Crippen LogP contribution in [0.4, 0.5) is 10.5 Å². The summed E-state index contributed by atoms with van der Waals surface area (Å²) in [5.74, 6) is 1.04. The van der Waals surface area contributed by atoms with Crippen molar-refractivity contribution in [3.63, 3.8) is 0 Å². The Balaban J connectivity index is 1.62. The predicted octanol–water partition coefficient (Wildman–Crippen LogP) is 2.89. The van der Waals surface area contributed by atoms with Gasteiger partial charge >= 0.3 is 6.09 Å². The zero-order chi connectivity index (χ0) is 20.2. The van der Waals surface area contributed by atoms with Gasteiger partial charge in [-0.2, -0.15) is 0 Å². The molecule has 0 fully saturated rings. The van der Waals surface area contributed by atoms with Crippen LogP contribution in [0.15, 0.2) is 48.5 Å². The van der Waals surface area contributed by atoms with Gasteiger partial charge in [-0.15, -0.1) is 0 Å². The lowest BCUT2D eigenvalue weighted by atomic mass is 10.2. The van der Waals surface area contributed by atoms with Crippen molar-refractivity contribution in [2.24, 2.45) is 0 Å². The van der Waals surface area contributed by atoms with Crippen LogP contribution in [-0.4, -0.2) is 44.0 Å². The first-order valence-electron chi connectivity index (χ1n) is 8.77. The van der Waals surface area contributed by atoms with Gasteiger partial charge in [0.05, 0.1) is 26.9 Å². The fourth-order valence-electron chi connectivity index (χ4n) is 2.35. The smallest absolute Gasteiger partial charge is 0.405 e. The van der Waals surface area contributed by atoms with Crippen LogP contribution in [0.3, 0.4) is 0 Å². The molecule has 2 rings (SSSR count). The van der Waals surface area contributed by atoms with E-state index >= 15 is 0 Å². The number of methoxy groups -OCH3 is 1. The summed E-state index contributed by atoms with van der Waals surface area (Å²) >= 11 is 0. The standard InChI is InChI=1S/C20H24N2O6/c1-26-18-6-3-2-5-15(18)14-27-11-4-12-28-17-9-7-16(8-10-17)22-19(23)13-21-20(24)25/h2-3,5-10,21H,4,11-14H2,1H3,(H,22,23)(H,24,25). The Kier molecular flexibility index (Phi) is 8.61. The topological polar surface area (TPSA) is 106 Å². The molecular weight excluding hydrogens is 364 g/mol. The number of anilines is 1. The third kappa shape index (κ3) is 7.55. The van der Waals surface area contributed by atoms with Crippen LogP contribution in [0, 0.1) is 0 Å². The van der Waals surface area contributed by atoms with E-state index in [9.17, 15) is 9.59 Å². The average Bonchev–Trinajstić information content (AvgIpc) is 2.70. The molecule has 2 aromatic rings. The van der Waals surface area contributed by atoms with E-state index in [4.69, 9.17) is 19.3 Å². The van der Waals surface area contributed by atoms with Crippen LogP contribution < -0.4 is 20.1 Å². The molecule has 28 heavy (non-hydrogen) atoms. The van der Waals surface area contributed by atoms with Crippen molar-refractivity contribution in [3.05, 3.63) is 54.1 Å². The number of para-hydroxylation sites is 1. The van der Waals surface area contributed by atoms with Crippen molar-refractivity contribution >= 4 is 17.7 Å². The van der Waals surface area contributed by atoms with Crippen molar-refractivity contribution in [1.82, 2.24) is 5.32 Å². The summed E-state index contributed by atoms with van der Waals surface area (Å²) < 4.78 is 16.6. The number of rotatable bonds is 11. The first-order chi connectivity index (χ1) is 13.6. The summed E-state index contributed by atoms with van der Waals surface area (Å²) in [6, 6.07) is 14.6. The fraction of sp³-hybridized carbons (Fsp3) is 0.300. The van der Waals surface area contributed by atoms with Crippen LogP contribution in [0.1, 0.15) is 12.0 Å². The molecule has 2 aromatic carbocycles. The van der Waals surface area contributed by atoms with Gasteiger partial charge in [-0.05, 0) is 30.3 Å². The van der Waals surface area contributed by atoms with E-state index in [-0.39, 0.29) is 6.54 Å². The molecule has 0 heterocycles. The Morgan fingerprint density at radius 1 is 1.04 bits per heavy atom. The summed E-state index contributed by atoms with van der Waals surface area (Å²) in [5.41, 5.74) is 1.56. The molecule has 0 unspecified atom stereocenters. The molecule has 0 aromatic heterocycles. The van der Waals surface area contributed by atoms with E-state index in [2.05, 4.69) is 5.32 Å². The van der Waals surface area contributed by atoms with Crippen LogP contribution in [0.2, 0.25) is 0 Å². The normalized spacial score (nSPS) is 10.2. The quantitative estimate of drug-likeness (QED) is 0.511. The van der Waals surface area contributed by atoms with Gasteiger partial charge < -0.3 is 30.0 Å². The molecule has 0 saturated carbocycles. The molecule has 2 amide bonds. The second-order valence-corrected chi connectivity index (χ2v) is 5.80. The van der Waals surface area contributed by atoms with Crippen molar-refractivity contribution in [1.29, 1.82) is 0 Å². The van der Waals surface area contributed by atoms with E-state index in [0.717, 1.165) is 17.7 Å². The fourth-order valence-corrected chi connectivity index (χ4v) is 2.35. The molecular formula is C20H24N2O6. The number of carbonyl (C=O) groups is 2. The van der Waals surface area contributed by atoms with Gasteiger partial charge in [0, 0.05) is 17.7 Å². The maximum Gasteiger partial charge on any atom is 0.405 e. The van der Waals surface area contributed by atoms with Crippen molar-refractivity contribution < 1.29 is 28.9 Å². The first-order valence-corrected chi connectivity index (χ1v) is 8.77. The highest BCUT2D eigenvalue weighted by atomic mass is 16.5. The van der Waals surface area contributed by atoms with E-state index < -0.39 is 12.0 Å². The number of amides is 2. The second-order valence-electron chi connectivity index (χ2n) is 5.80. The number of nitrogens with one attached hydrogen (secondary N) is 2. The lowest BCUT2D eigenvalue weighted by Crippen LogP contribution is -2.31. The predicted molar refractivity (Wildman–Crippen MR) is 104 cm³/mol. The Hall–Kier alpha value is -3.26. The van der Waals surface area contributed by atoms with Crippen molar-refractivity contribution in [2.45, 2.75) is 13.0 Å². The van der Waals surface area contributed by atoms with Crippen molar-refractivity contribution in [3.8, 4) is 11.5 Å². The van der Waals surface area contributed by atoms with Crippen LogP contribution in [0.25, 0.3) is 0 Å². The van der Waals surface area contributed by atoms with Crippen molar-refractivity contribution in [2.75, 3.05) is 32.2 Å². The van der Waals surface area contributed by atoms with Gasteiger partial charge in [-0.3, -0.25) is 4.79 Å². The lowest BCUT2D eigenvalue weighted by molar-refractivity contribution is -0.115. The van der Waals surface area contributed by atoms with Gasteiger partial charge in [0.2, 0.25) is 5.91 Å². The van der Waals surface area contributed by atoms with Gasteiger partial charge in [-0.25, -0.2) is 4.79 Å². The molecule has 8 heteroatoms. The minimum Gasteiger partial charge on any atom is -0.496 e. The monoisotopic (exact) mass is 388 g/mol. The zero-order valence-electron chi connectivity index (χ0n) is 15.6. The number of carbonyl (C=O) groups excluding carboxylic acids is 1. The Morgan fingerprint density at radius 3 is 2.50 bits per heavy atom. The summed E-state index contributed by atoms with van der Waals surface area (Å²) in [7, 11) is 1.64. The highest BCUT2D eigenvalue weighted by molar-refractivity contribution is 5.93. The molecule has 0 spiro atoms. The number of hydrogen-bond acceptors (Lipinski definition) is 5. The average molecular weight is 388 g/mol. The summed E-state index contributed by atoms with van der Waals surface area (Å²) in [5, 5.41) is 13.0. The van der Waals surface area contributed by atoms with Gasteiger partial charge in [0.25, 0.3) is 0 Å². The molecule has 0 bridgehead atoms. The number of ether oxygens (including phenoxy) is 3. The van der Waals surface area contributed by atoms with E-state index in [1.54, 1.807) is 31.4 Å². The third-order valence-corrected chi connectivity index (χ3v) is 3.69. The zero-order valence-corrected chi connectivity index (χ0v) is 15.6. The Morgan fingerprint density at radius 2 is 1.79 bits per heavy atom. The molecule has 8 nitrogen and oxygen atoms in total. The van der Waals surface area contributed by atoms with Crippen LogP contribution in [-0.2, 0) is 16.1 Å². The number of hydrogen-bond donors (Lipinski definition) is 3. The Bertz CT molecular complexity index is 764. The minimum absolute atomic E-state index is 0.303. The van der Waals surface area contributed by atoms with Gasteiger partial charge in [-0.1, -0.05) is 18.2 Å². The minimum atomic E-state index is -1.24. The van der Waals surface area contributed by atoms with Crippen LogP contribution >= 0.6 is 0 Å². The summed E-state index contributed by atoms with van der Waals surface area (Å²) in [6.45, 7) is 1.24. The molecule has 0 saturated heterocycles. The molecule has 0 atom stereocenters. The first kappa shape index (κ1) is 21.0. The largest absolute Gasteiger partial charge is 0.496 e. The number of carboxylic acid groups (broad SMARTS) is 1. The second kappa shape index (κ2) is 11.5. The highest BCUT2D eigenvalue weighted by Gasteiger charge is 2.05. The molecule has 0 aliphatic heterocycles. The summed E-state index contributed by atoms with van der Waals surface area (Å²) in [6.07, 6.45) is -0.514. The number of benzene rings is 2. The Labute approximate surface area is 163 Å². The van der Waals surface area contributed by atoms with Gasteiger partial charge in [0.1, 0.15) is 18.0 Å².